The molecule has 0 aliphatic carbocycles. The molecule has 1 N–H and O–H groups in total. The summed E-state index contributed by atoms with van der Waals surface area (Å²) in [5.41, 5.74) is 1.95. The second-order valence-electron chi connectivity index (χ2n) is 5.95. The SMILES string of the molecule is O=C(Cc1ccc2c(c1)OCCO2)N[C@H]1CCOc2ccccc21. The van der Waals surface area contributed by atoms with Crippen LogP contribution in [0.5, 0.6) is 17.2 Å². The second-order valence-corrected chi connectivity index (χ2v) is 5.95. The van der Waals surface area contributed by atoms with Gasteiger partial charge in [0.15, 0.2) is 11.5 Å². The van der Waals surface area contributed by atoms with Crippen LogP contribution in [-0.2, 0) is 11.2 Å². The first kappa shape index (κ1) is 14.9. The van der Waals surface area contributed by atoms with Crippen LogP contribution in [0.1, 0.15) is 23.6 Å². The van der Waals surface area contributed by atoms with Crippen LogP contribution in [0, 0.1) is 0 Å². The van der Waals surface area contributed by atoms with Gasteiger partial charge in [-0.05, 0) is 23.8 Å². The standard InChI is InChI=1S/C19H19NO4/c21-19(12-13-5-6-17-18(11-13)24-10-9-23-17)20-15-7-8-22-16-4-2-1-3-14(15)16/h1-6,11,15H,7-10,12H2,(H,20,21)/t15-/m0/s1. The largest absolute Gasteiger partial charge is 0.493 e. The van der Waals surface area contributed by atoms with Crippen LogP contribution in [-0.4, -0.2) is 25.7 Å². The van der Waals surface area contributed by atoms with Gasteiger partial charge in [0.25, 0.3) is 0 Å². The van der Waals surface area contributed by atoms with E-state index < -0.39 is 0 Å². The van der Waals surface area contributed by atoms with Gasteiger partial charge < -0.3 is 19.5 Å². The third-order valence-electron chi connectivity index (χ3n) is 4.27. The summed E-state index contributed by atoms with van der Waals surface area (Å²) in [6.45, 7) is 1.73. The molecule has 0 bridgehead atoms. The van der Waals surface area contributed by atoms with E-state index in [4.69, 9.17) is 14.2 Å². The van der Waals surface area contributed by atoms with Gasteiger partial charge in [0, 0.05) is 12.0 Å². The number of nitrogens with one attached hydrogen (secondary N) is 1. The maximum absolute atomic E-state index is 12.4. The Hall–Kier alpha value is -2.69. The third-order valence-corrected chi connectivity index (χ3v) is 4.27. The van der Waals surface area contributed by atoms with Crippen molar-refractivity contribution in [3.05, 3.63) is 53.6 Å². The fraction of sp³-hybridized carbons (Fsp3) is 0.316. The molecule has 1 atom stereocenters. The maximum Gasteiger partial charge on any atom is 0.224 e. The molecule has 0 saturated carbocycles. The average molecular weight is 325 g/mol. The lowest BCUT2D eigenvalue weighted by Crippen LogP contribution is -2.33. The van der Waals surface area contributed by atoms with Crippen molar-refractivity contribution < 1.29 is 19.0 Å². The molecule has 0 unspecified atom stereocenters. The molecule has 0 fully saturated rings. The molecule has 5 nitrogen and oxygen atoms in total. The van der Waals surface area contributed by atoms with Gasteiger partial charge in [-0.2, -0.15) is 0 Å². The van der Waals surface area contributed by atoms with Crippen LogP contribution in [0.15, 0.2) is 42.5 Å². The number of carbonyl (C=O) groups excluding carboxylic acids is 1. The molecule has 0 aromatic heterocycles. The molecule has 0 spiro atoms. The molecule has 5 heteroatoms. The van der Waals surface area contributed by atoms with Crippen molar-refractivity contribution in [3.8, 4) is 17.2 Å². The monoisotopic (exact) mass is 325 g/mol. The second kappa shape index (κ2) is 6.43. The number of carbonyl (C=O) groups is 1. The van der Waals surface area contributed by atoms with Crippen molar-refractivity contribution >= 4 is 5.91 Å². The van der Waals surface area contributed by atoms with Gasteiger partial charge >= 0.3 is 0 Å². The number of ether oxygens (including phenoxy) is 3. The molecular formula is C19H19NO4. The van der Waals surface area contributed by atoms with Gasteiger partial charge in [0.2, 0.25) is 5.91 Å². The molecular weight excluding hydrogens is 306 g/mol. The number of hydrogen-bond acceptors (Lipinski definition) is 4. The van der Waals surface area contributed by atoms with Crippen molar-refractivity contribution in [2.75, 3.05) is 19.8 Å². The van der Waals surface area contributed by atoms with E-state index in [1.54, 1.807) is 0 Å². The summed E-state index contributed by atoms with van der Waals surface area (Å²) in [7, 11) is 0. The minimum atomic E-state index is -0.00613. The lowest BCUT2D eigenvalue weighted by molar-refractivity contribution is -0.121. The molecule has 0 saturated heterocycles. The predicted molar refractivity (Wildman–Crippen MR) is 88.6 cm³/mol. The summed E-state index contributed by atoms with van der Waals surface area (Å²) in [4.78, 5) is 12.4. The maximum atomic E-state index is 12.4. The number of benzene rings is 2. The molecule has 2 aromatic carbocycles. The van der Waals surface area contributed by atoms with Crippen LogP contribution >= 0.6 is 0 Å². The summed E-state index contributed by atoms with van der Waals surface area (Å²) >= 11 is 0. The Balaban J connectivity index is 1.44. The third kappa shape index (κ3) is 3.02. The van der Waals surface area contributed by atoms with Gasteiger partial charge in [-0.3, -0.25) is 4.79 Å². The summed E-state index contributed by atoms with van der Waals surface area (Å²) in [6, 6.07) is 13.5. The van der Waals surface area contributed by atoms with Crippen molar-refractivity contribution in [1.29, 1.82) is 0 Å². The zero-order valence-electron chi connectivity index (χ0n) is 13.3. The van der Waals surface area contributed by atoms with Gasteiger partial charge in [-0.15, -0.1) is 0 Å². The Labute approximate surface area is 140 Å². The lowest BCUT2D eigenvalue weighted by atomic mass is 10.00. The minimum Gasteiger partial charge on any atom is -0.493 e. The van der Waals surface area contributed by atoms with Crippen molar-refractivity contribution in [2.45, 2.75) is 18.9 Å². The van der Waals surface area contributed by atoms with Crippen LogP contribution in [0.25, 0.3) is 0 Å². The summed E-state index contributed by atoms with van der Waals surface area (Å²) in [6.07, 6.45) is 1.10. The predicted octanol–water partition coefficient (Wildman–Crippen LogP) is 2.64. The summed E-state index contributed by atoms with van der Waals surface area (Å²) in [5.74, 6) is 2.30. The van der Waals surface area contributed by atoms with Crippen LogP contribution in [0.3, 0.4) is 0 Å². The van der Waals surface area contributed by atoms with Crippen LogP contribution in [0.2, 0.25) is 0 Å². The summed E-state index contributed by atoms with van der Waals surface area (Å²) < 4.78 is 16.7. The van der Waals surface area contributed by atoms with E-state index in [2.05, 4.69) is 5.32 Å². The zero-order chi connectivity index (χ0) is 16.4. The van der Waals surface area contributed by atoms with Crippen molar-refractivity contribution in [2.24, 2.45) is 0 Å². The smallest absolute Gasteiger partial charge is 0.224 e. The van der Waals surface area contributed by atoms with Gasteiger partial charge in [-0.1, -0.05) is 24.3 Å². The average Bonchev–Trinajstić information content (AvgIpc) is 2.62. The molecule has 1 amide bonds. The lowest BCUT2D eigenvalue weighted by Gasteiger charge is -2.26. The van der Waals surface area contributed by atoms with Crippen LogP contribution < -0.4 is 19.5 Å². The van der Waals surface area contributed by atoms with Gasteiger partial charge in [0.05, 0.1) is 19.1 Å². The number of para-hydroxylation sites is 1. The zero-order valence-corrected chi connectivity index (χ0v) is 13.3. The first-order chi connectivity index (χ1) is 11.8. The fourth-order valence-electron chi connectivity index (χ4n) is 3.12. The highest BCUT2D eigenvalue weighted by Gasteiger charge is 2.22. The number of amides is 1. The Morgan fingerprint density at radius 3 is 2.67 bits per heavy atom. The Kier molecular flexibility index (Phi) is 3.99. The molecule has 124 valence electrons. The Bertz CT molecular complexity index is 759. The highest BCUT2D eigenvalue weighted by molar-refractivity contribution is 5.79. The van der Waals surface area contributed by atoms with E-state index in [0.29, 0.717) is 32.0 Å². The van der Waals surface area contributed by atoms with E-state index in [-0.39, 0.29) is 11.9 Å². The van der Waals surface area contributed by atoms with Crippen molar-refractivity contribution in [3.63, 3.8) is 0 Å². The van der Waals surface area contributed by atoms with E-state index in [0.717, 1.165) is 29.0 Å². The van der Waals surface area contributed by atoms with Gasteiger partial charge in [0.1, 0.15) is 19.0 Å². The quantitative estimate of drug-likeness (QED) is 0.942. The van der Waals surface area contributed by atoms with Crippen LogP contribution in [0.4, 0.5) is 0 Å². The van der Waals surface area contributed by atoms with Gasteiger partial charge in [-0.25, -0.2) is 0 Å². The number of fused-ring (bicyclic) bond motifs is 2. The number of hydrogen-bond donors (Lipinski definition) is 1. The minimum absolute atomic E-state index is 0.000314. The molecule has 2 aliphatic heterocycles. The molecule has 2 heterocycles. The molecule has 2 aliphatic rings. The first-order valence-corrected chi connectivity index (χ1v) is 8.19. The topological polar surface area (TPSA) is 56.8 Å². The molecule has 24 heavy (non-hydrogen) atoms. The fourth-order valence-corrected chi connectivity index (χ4v) is 3.12. The highest BCUT2D eigenvalue weighted by atomic mass is 16.6. The van der Waals surface area contributed by atoms with E-state index >= 15 is 0 Å². The summed E-state index contributed by atoms with van der Waals surface area (Å²) in [5, 5.41) is 3.11. The number of rotatable bonds is 3. The molecule has 4 rings (SSSR count). The van der Waals surface area contributed by atoms with E-state index in [1.807, 2.05) is 42.5 Å². The highest BCUT2D eigenvalue weighted by Crippen LogP contribution is 2.32. The molecule has 0 radical (unpaired) electrons. The first-order valence-electron chi connectivity index (χ1n) is 8.19. The van der Waals surface area contributed by atoms with E-state index in [9.17, 15) is 4.79 Å². The Morgan fingerprint density at radius 1 is 0.958 bits per heavy atom. The van der Waals surface area contributed by atoms with Crippen molar-refractivity contribution in [1.82, 2.24) is 5.32 Å². The Morgan fingerprint density at radius 2 is 1.75 bits per heavy atom. The molecule has 2 aromatic rings. The normalized spacial score (nSPS) is 18.2. The van der Waals surface area contributed by atoms with E-state index in [1.165, 1.54) is 0 Å².